The van der Waals surface area contributed by atoms with E-state index in [-0.39, 0.29) is 12.5 Å². The van der Waals surface area contributed by atoms with E-state index in [1.54, 1.807) is 0 Å². The van der Waals surface area contributed by atoms with Gasteiger partial charge < -0.3 is 14.6 Å². The summed E-state index contributed by atoms with van der Waals surface area (Å²) in [7, 11) is 0. The van der Waals surface area contributed by atoms with Crippen LogP contribution in [0.3, 0.4) is 0 Å². The Kier molecular flexibility index (Phi) is 9.55. The number of aliphatic hydroxyl groups is 1. The molecular formula is C30H34BrN3O4. The summed E-state index contributed by atoms with van der Waals surface area (Å²) in [6, 6.07) is 25.1. The van der Waals surface area contributed by atoms with Crippen LogP contribution >= 0.6 is 15.9 Å². The van der Waals surface area contributed by atoms with E-state index in [0.717, 1.165) is 21.2 Å². The van der Waals surface area contributed by atoms with Crippen LogP contribution in [-0.4, -0.2) is 42.2 Å². The molecule has 2 atom stereocenters. The lowest BCUT2D eigenvalue weighted by atomic mass is 9.82. The Balaban J connectivity index is 1.73. The molecule has 0 aromatic heterocycles. The van der Waals surface area contributed by atoms with Crippen molar-refractivity contribution in [1.82, 2.24) is 10.9 Å². The van der Waals surface area contributed by atoms with Crippen LogP contribution in [-0.2, 0) is 16.0 Å². The summed E-state index contributed by atoms with van der Waals surface area (Å²) in [4.78, 5) is 19.0. The van der Waals surface area contributed by atoms with Crippen molar-refractivity contribution in [2.75, 3.05) is 19.8 Å². The SMILES string of the molecule is CC(C)CNNC(=O)[C@@]1(Cc2ccc(Br)cc2)N=C(c2ccc(OCCCO)cc2)O[C@H]1c1ccccc1. The summed E-state index contributed by atoms with van der Waals surface area (Å²) in [6.45, 7) is 5.30. The number of aliphatic hydroxyl groups excluding tert-OH is 1. The molecule has 1 amide bonds. The van der Waals surface area contributed by atoms with Crippen molar-refractivity contribution in [2.24, 2.45) is 10.9 Å². The highest BCUT2D eigenvalue weighted by molar-refractivity contribution is 9.10. The molecule has 1 aliphatic rings. The number of carbonyl (C=O) groups is 1. The predicted octanol–water partition coefficient (Wildman–Crippen LogP) is 4.99. The van der Waals surface area contributed by atoms with E-state index in [4.69, 9.17) is 19.6 Å². The van der Waals surface area contributed by atoms with Gasteiger partial charge in [-0.1, -0.05) is 72.2 Å². The van der Waals surface area contributed by atoms with Crippen LogP contribution in [0.25, 0.3) is 0 Å². The first kappa shape index (κ1) is 27.8. The minimum Gasteiger partial charge on any atom is -0.494 e. The van der Waals surface area contributed by atoms with Crippen molar-refractivity contribution < 1.29 is 19.4 Å². The maximum atomic E-state index is 14.0. The highest BCUT2D eigenvalue weighted by Gasteiger charge is 2.53. The molecule has 0 saturated carbocycles. The van der Waals surface area contributed by atoms with Crippen molar-refractivity contribution in [3.05, 3.63) is 100 Å². The zero-order valence-electron chi connectivity index (χ0n) is 21.7. The Bertz CT molecular complexity index is 1220. The monoisotopic (exact) mass is 579 g/mol. The Hall–Kier alpha value is -3.20. The summed E-state index contributed by atoms with van der Waals surface area (Å²) >= 11 is 3.50. The van der Waals surface area contributed by atoms with Gasteiger partial charge in [-0.05, 0) is 53.4 Å². The number of aliphatic imine (C=N–C) groups is 1. The van der Waals surface area contributed by atoms with Gasteiger partial charge in [-0.3, -0.25) is 10.2 Å². The van der Waals surface area contributed by atoms with Gasteiger partial charge in [0.05, 0.1) is 6.61 Å². The number of nitrogens with one attached hydrogen (secondary N) is 2. The molecule has 3 aromatic rings. The van der Waals surface area contributed by atoms with Gasteiger partial charge in [0.1, 0.15) is 5.75 Å². The van der Waals surface area contributed by atoms with Gasteiger partial charge in [-0.2, -0.15) is 0 Å². The second-order valence-corrected chi connectivity index (χ2v) is 10.6. The predicted molar refractivity (Wildman–Crippen MR) is 152 cm³/mol. The Morgan fingerprint density at radius 1 is 1.08 bits per heavy atom. The molecule has 200 valence electrons. The molecule has 1 heterocycles. The lowest BCUT2D eigenvalue weighted by molar-refractivity contribution is -0.130. The third kappa shape index (κ3) is 6.81. The van der Waals surface area contributed by atoms with Crippen LogP contribution in [0.1, 0.15) is 43.1 Å². The quantitative estimate of drug-likeness (QED) is 0.208. The average Bonchev–Trinajstić information content (AvgIpc) is 3.31. The highest BCUT2D eigenvalue weighted by atomic mass is 79.9. The Morgan fingerprint density at radius 3 is 2.45 bits per heavy atom. The van der Waals surface area contributed by atoms with E-state index in [1.165, 1.54) is 0 Å². The van der Waals surface area contributed by atoms with Crippen molar-refractivity contribution in [1.29, 1.82) is 0 Å². The van der Waals surface area contributed by atoms with Gasteiger partial charge in [-0.25, -0.2) is 10.4 Å². The number of nitrogens with zero attached hydrogens (tertiary/aromatic N) is 1. The fraction of sp³-hybridized carbons (Fsp3) is 0.333. The lowest BCUT2D eigenvalue weighted by Crippen LogP contribution is -2.54. The summed E-state index contributed by atoms with van der Waals surface area (Å²) in [5.74, 6) is 1.20. The lowest BCUT2D eigenvalue weighted by Gasteiger charge is -2.31. The average molecular weight is 581 g/mol. The third-order valence-electron chi connectivity index (χ3n) is 6.23. The molecule has 3 N–H and O–H groups in total. The molecule has 0 spiro atoms. The molecule has 38 heavy (non-hydrogen) atoms. The number of hydrogen-bond acceptors (Lipinski definition) is 6. The summed E-state index contributed by atoms with van der Waals surface area (Å²) < 4.78 is 13.1. The largest absolute Gasteiger partial charge is 0.494 e. The van der Waals surface area contributed by atoms with Gasteiger partial charge in [-0.15, -0.1) is 0 Å². The van der Waals surface area contributed by atoms with Crippen LogP contribution in [0.4, 0.5) is 0 Å². The van der Waals surface area contributed by atoms with Gasteiger partial charge in [0.2, 0.25) is 5.90 Å². The molecule has 7 nitrogen and oxygen atoms in total. The van der Waals surface area contributed by atoms with Crippen LogP contribution in [0.15, 0.2) is 88.3 Å². The second-order valence-electron chi connectivity index (χ2n) is 9.73. The second kappa shape index (κ2) is 13.0. The molecular weight excluding hydrogens is 546 g/mol. The molecule has 0 radical (unpaired) electrons. The smallest absolute Gasteiger partial charge is 0.266 e. The molecule has 0 unspecified atom stereocenters. The van der Waals surface area contributed by atoms with Gasteiger partial charge in [0, 0.05) is 36.0 Å². The molecule has 0 bridgehead atoms. The van der Waals surface area contributed by atoms with Gasteiger partial charge in [0.25, 0.3) is 5.91 Å². The van der Waals surface area contributed by atoms with Crippen LogP contribution in [0.2, 0.25) is 0 Å². The van der Waals surface area contributed by atoms with E-state index in [1.807, 2.05) is 78.9 Å². The first-order chi connectivity index (χ1) is 18.4. The molecule has 0 saturated heterocycles. The third-order valence-corrected chi connectivity index (χ3v) is 6.76. The molecule has 1 aliphatic heterocycles. The number of hydrogen-bond donors (Lipinski definition) is 3. The fourth-order valence-corrected chi connectivity index (χ4v) is 4.53. The molecule has 8 heteroatoms. The van der Waals surface area contributed by atoms with Gasteiger partial charge in [0.15, 0.2) is 11.6 Å². The first-order valence-electron chi connectivity index (χ1n) is 12.8. The van der Waals surface area contributed by atoms with Crippen molar-refractivity contribution in [3.8, 4) is 5.75 Å². The number of benzene rings is 3. The topological polar surface area (TPSA) is 92.2 Å². The van der Waals surface area contributed by atoms with Crippen molar-refractivity contribution in [2.45, 2.75) is 38.3 Å². The zero-order valence-corrected chi connectivity index (χ0v) is 23.3. The summed E-state index contributed by atoms with van der Waals surface area (Å²) in [5, 5.41) is 8.99. The fourth-order valence-electron chi connectivity index (χ4n) is 4.27. The number of ether oxygens (including phenoxy) is 2. The van der Waals surface area contributed by atoms with Crippen LogP contribution in [0.5, 0.6) is 5.75 Å². The molecule has 4 rings (SSSR count). The number of hydrazine groups is 1. The van der Waals surface area contributed by atoms with Crippen molar-refractivity contribution >= 4 is 27.7 Å². The normalized spacial score (nSPS) is 18.7. The zero-order chi connectivity index (χ0) is 27.0. The summed E-state index contributed by atoms with van der Waals surface area (Å²) in [6.07, 6.45) is 0.277. The van der Waals surface area contributed by atoms with Crippen molar-refractivity contribution in [3.63, 3.8) is 0 Å². The Labute approximate surface area is 232 Å². The highest BCUT2D eigenvalue weighted by Crippen LogP contribution is 2.42. The minimum absolute atomic E-state index is 0.0815. The maximum Gasteiger partial charge on any atom is 0.266 e. The van der Waals surface area contributed by atoms with E-state index in [9.17, 15) is 4.79 Å². The minimum atomic E-state index is -1.25. The first-order valence-corrected chi connectivity index (χ1v) is 13.6. The number of halogens is 1. The number of carbonyl (C=O) groups excluding carboxylic acids is 1. The van der Waals surface area contributed by atoms with E-state index in [0.29, 0.717) is 43.6 Å². The van der Waals surface area contributed by atoms with E-state index in [2.05, 4.69) is 40.6 Å². The standard InChI is InChI=1S/C30H34BrN3O4/c1-21(2)20-32-34-29(36)30(19-22-9-13-25(31)14-10-22)27(23-7-4-3-5-8-23)38-28(33-30)24-11-15-26(16-12-24)37-18-6-17-35/h3-5,7-16,21,27,32,35H,6,17-20H2,1-2H3,(H,34,36)/t27-,30-/m0/s1. The van der Waals surface area contributed by atoms with Crippen LogP contribution < -0.4 is 15.6 Å². The molecule has 0 fully saturated rings. The van der Waals surface area contributed by atoms with E-state index < -0.39 is 11.6 Å². The Morgan fingerprint density at radius 2 is 1.79 bits per heavy atom. The summed E-state index contributed by atoms with van der Waals surface area (Å²) in [5.41, 5.74) is 7.33. The van der Waals surface area contributed by atoms with Crippen LogP contribution in [0, 0.1) is 5.92 Å². The maximum absolute atomic E-state index is 14.0. The number of rotatable bonds is 12. The molecule has 3 aromatic carbocycles. The number of amides is 1. The van der Waals surface area contributed by atoms with Gasteiger partial charge >= 0.3 is 0 Å². The molecule has 0 aliphatic carbocycles. The van der Waals surface area contributed by atoms with E-state index >= 15 is 0 Å².